The Morgan fingerprint density at radius 1 is 1.10 bits per heavy atom. The van der Waals surface area contributed by atoms with Gasteiger partial charge in [0.2, 0.25) is 0 Å². The molecule has 0 atom stereocenters. The number of aryl methyl sites for hydroxylation is 1. The molecule has 0 amide bonds. The van der Waals surface area contributed by atoms with Crippen molar-refractivity contribution in [3.05, 3.63) is 41.2 Å². The van der Waals surface area contributed by atoms with E-state index in [0.29, 0.717) is 5.82 Å². The third kappa shape index (κ3) is 3.31. The Morgan fingerprint density at radius 3 is 2.40 bits per heavy atom. The first kappa shape index (κ1) is 14.9. The molecule has 0 bridgehead atoms. The van der Waals surface area contributed by atoms with Crippen LogP contribution < -0.4 is 5.73 Å². The topological polar surface area (TPSA) is 51.8 Å². The fourth-order valence-corrected chi connectivity index (χ4v) is 2.74. The Bertz CT molecular complexity index is 630. The minimum absolute atomic E-state index is 0.107. The standard InChI is InChI=1S/C16H21N3S/c1-10-7-6-8-12(9-10)20-14-11(2)13(17)18-15(19-14)16(3,4)5/h6-9H,1-5H3,(H2,17,18,19). The van der Waals surface area contributed by atoms with E-state index in [4.69, 9.17) is 10.7 Å². The van der Waals surface area contributed by atoms with E-state index in [1.54, 1.807) is 11.8 Å². The van der Waals surface area contributed by atoms with E-state index in [1.807, 2.05) is 6.92 Å². The van der Waals surface area contributed by atoms with E-state index in [9.17, 15) is 0 Å². The van der Waals surface area contributed by atoms with Crippen molar-refractivity contribution in [1.29, 1.82) is 0 Å². The highest BCUT2D eigenvalue weighted by molar-refractivity contribution is 7.99. The molecule has 1 aromatic heterocycles. The van der Waals surface area contributed by atoms with E-state index >= 15 is 0 Å². The van der Waals surface area contributed by atoms with Crippen LogP contribution in [0.15, 0.2) is 34.2 Å². The first-order valence-corrected chi connectivity index (χ1v) is 7.48. The van der Waals surface area contributed by atoms with Gasteiger partial charge in [-0.3, -0.25) is 0 Å². The molecule has 2 N–H and O–H groups in total. The Labute approximate surface area is 125 Å². The molecule has 4 heteroatoms. The highest BCUT2D eigenvalue weighted by atomic mass is 32.2. The van der Waals surface area contributed by atoms with Crippen LogP contribution >= 0.6 is 11.8 Å². The summed E-state index contributed by atoms with van der Waals surface area (Å²) >= 11 is 1.64. The number of nitrogens with zero attached hydrogens (tertiary/aromatic N) is 2. The van der Waals surface area contributed by atoms with E-state index in [-0.39, 0.29) is 5.41 Å². The second-order valence-corrected chi connectivity index (χ2v) is 7.09. The first-order chi connectivity index (χ1) is 9.27. The van der Waals surface area contributed by atoms with E-state index in [1.165, 1.54) is 10.5 Å². The first-order valence-electron chi connectivity index (χ1n) is 6.66. The van der Waals surface area contributed by atoms with Crippen LogP contribution in [0.2, 0.25) is 0 Å². The lowest BCUT2D eigenvalue weighted by Gasteiger charge is -2.19. The molecule has 0 aliphatic rings. The van der Waals surface area contributed by atoms with Crippen LogP contribution in [0.3, 0.4) is 0 Å². The number of aromatic nitrogens is 2. The van der Waals surface area contributed by atoms with Crippen molar-refractivity contribution < 1.29 is 0 Å². The fourth-order valence-electron chi connectivity index (χ4n) is 1.74. The summed E-state index contributed by atoms with van der Waals surface area (Å²) in [5, 5.41) is 0.938. The lowest BCUT2D eigenvalue weighted by molar-refractivity contribution is 0.538. The van der Waals surface area contributed by atoms with Crippen molar-refractivity contribution in [3.8, 4) is 0 Å². The van der Waals surface area contributed by atoms with Crippen LogP contribution in [0.25, 0.3) is 0 Å². The molecule has 1 aromatic carbocycles. The maximum absolute atomic E-state index is 6.04. The number of benzene rings is 1. The zero-order valence-corrected chi connectivity index (χ0v) is 13.5. The SMILES string of the molecule is Cc1cccc(Sc2nc(C(C)(C)C)nc(N)c2C)c1. The van der Waals surface area contributed by atoms with Gasteiger partial charge in [0.25, 0.3) is 0 Å². The summed E-state index contributed by atoms with van der Waals surface area (Å²) in [6, 6.07) is 8.39. The molecular formula is C16H21N3S. The van der Waals surface area contributed by atoms with Gasteiger partial charge in [-0.05, 0) is 26.0 Å². The molecule has 0 aliphatic carbocycles. The molecule has 0 unspecified atom stereocenters. The van der Waals surface area contributed by atoms with Crippen molar-refractivity contribution >= 4 is 17.6 Å². The van der Waals surface area contributed by atoms with Gasteiger partial charge in [0.1, 0.15) is 16.7 Å². The minimum atomic E-state index is -0.107. The minimum Gasteiger partial charge on any atom is -0.383 e. The maximum atomic E-state index is 6.04. The van der Waals surface area contributed by atoms with E-state index in [0.717, 1.165) is 16.4 Å². The largest absolute Gasteiger partial charge is 0.383 e. The molecule has 1 heterocycles. The van der Waals surface area contributed by atoms with Crippen molar-refractivity contribution in [1.82, 2.24) is 9.97 Å². The zero-order valence-electron chi connectivity index (χ0n) is 12.7. The lowest BCUT2D eigenvalue weighted by Crippen LogP contribution is -2.18. The molecule has 20 heavy (non-hydrogen) atoms. The smallest absolute Gasteiger partial charge is 0.137 e. The van der Waals surface area contributed by atoms with E-state index in [2.05, 4.69) is 56.9 Å². The number of nitrogens with two attached hydrogens (primary N) is 1. The molecule has 0 saturated carbocycles. The number of anilines is 1. The van der Waals surface area contributed by atoms with Crippen molar-refractivity contribution in [2.75, 3.05) is 5.73 Å². The highest BCUT2D eigenvalue weighted by Crippen LogP contribution is 2.32. The van der Waals surface area contributed by atoms with Gasteiger partial charge in [-0.1, -0.05) is 50.2 Å². The fraction of sp³-hybridized carbons (Fsp3) is 0.375. The average Bonchev–Trinajstić information content (AvgIpc) is 2.33. The third-order valence-electron chi connectivity index (χ3n) is 3.01. The Kier molecular flexibility index (Phi) is 4.04. The number of hydrogen-bond donors (Lipinski definition) is 1. The van der Waals surface area contributed by atoms with Gasteiger partial charge in [0.05, 0.1) is 0 Å². The zero-order chi connectivity index (χ0) is 14.9. The second-order valence-electron chi connectivity index (χ2n) is 6.03. The molecule has 0 aliphatic heterocycles. The highest BCUT2D eigenvalue weighted by Gasteiger charge is 2.20. The summed E-state index contributed by atoms with van der Waals surface area (Å²) in [5.41, 5.74) is 8.12. The molecule has 0 spiro atoms. The second kappa shape index (κ2) is 5.44. The van der Waals surface area contributed by atoms with Crippen LogP contribution in [-0.4, -0.2) is 9.97 Å². The summed E-state index contributed by atoms with van der Waals surface area (Å²) in [6.07, 6.45) is 0. The van der Waals surface area contributed by atoms with Gasteiger partial charge in [0.15, 0.2) is 0 Å². The Morgan fingerprint density at radius 2 is 1.80 bits per heavy atom. The predicted molar refractivity (Wildman–Crippen MR) is 85.2 cm³/mol. The van der Waals surface area contributed by atoms with Gasteiger partial charge >= 0.3 is 0 Å². The molecular weight excluding hydrogens is 266 g/mol. The average molecular weight is 287 g/mol. The third-order valence-corrected chi connectivity index (χ3v) is 4.09. The summed E-state index contributed by atoms with van der Waals surface area (Å²) in [6.45, 7) is 10.3. The summed E-state index contributed by atoms with van der Waals surface area (Å²) in [5.74, 6) is 1.36. The van der Waals surface area contributed by atoms with Crippen LogP contribution in [0.5, 0.6) is 0 Å². The Balaban J connectivity index is 2.43. The molecule has 106 valence electrons. The van der Waals surface area contributed by atoms with Crippen LogP contribution in [0, 0.1) is 13.8 Å². The lowest BCUT2D eigenvalue weighted by atomic mass is 9.95. The molecule has 0 radical (unpaired) electrons. The summed E-state index contributed by atoms with van der Waals surface area (Å²) < 4.78 is 0. The number of hydrogen-bond acceptors (Lipinski definition) is 4. The summed E-state index contributed by atoms with van der Waals surface area (Å²) in [7, 11) is 0. The van der Waals surface area contributed by atoms with Crippen LogP contribution in [0.1, 0.15) is 37.7 Å². The van der Waals surface area contributed by atoms with Gasteiger partial charge in [-0.2, -0.15) is 0 Å². The van der Waals surface area contributed by atoms with Gasteiger partial charge in [-0.15, -0.1) is 0 Å². The normalized spacial score (nSPS) is 11.7. The molecule has 2 rings (SSSR count). The van der Waals surface area contributed by atoms with E-state index < -0.39 is 0 Å². The Hall–Kier alpha value is -1.55. The van der Waals surface area contributed by atoms with Gasteiger partial charge < -0.3 is 5.73 Å². The van der Waals surface area contributed by atoms with Gasteiger partial charge in [0, 0.05) is 15.9 Å². The van der Waals surface area contributed by atoms with Crippen molar-refractivity contribution in [2.24, 2.45) is 0 Å². The quantitative estimate of drug-likeness (QED) is 0.844. The van der Waals surface area contributed by atoms with Crippen molar-refractivity contribution in [3.63, 3.8) is 0 Å². The van der Waals surface area contributed by atoms with Crippen LogP contribution in [0.4, 0.5) is 5.82 Å². The molecule has 0 fully saturated rings. The molecule has 0 saturated heterocycles. The van der Waals surface area contributed by atoms with Gasteiger partial charge in [-0.25, -0.2) is 9.97 Å². The monoisotopic (exact) mass is 287 g/mol. The molecule has 3 nitrogen and oxygen atoms in total. The van der Waals surface area contributed by atoms with Crippen LogP contribution in [-0.2, 0) is 5.41 Å². The van der Waals surface area contributed by atoms with Crippen molar-refractivity contribution in [2.45, 2.75) is 50.0 Å². The summed E-state index contributed by atoms with van der Waals surface area (Å²) in [4.78, 5) is 10.3. The number of nitrogen functional groups attached to an aromatic ring is 1. The predicted octanol–water partition coefficient (Wildman–Crippen LogP) is 4.12. The number of rotatable bonds is 2. The maximum Gasteiger partial charge on any atom is 0.137 e. The molecule has 2 aromatic rings.